The van der Waals surface area contributed by atoms with E-state index >= 15 is 0 Å². The Labute approximate surface area is 93.3 Å². The van der Waals surface area contributed by atoms with Gasteiger partial charge in [0.1, 0.15) is 11.0 Å². The summed E-state index contributed by atoms with van der Waals surface area (Å²) in [5.41, 5.74) is -1.92. The summed E-state index contributed by atoms with van der Waals surface area (Å²) in [7, 11) is 0.414. The van der Waals surface area contributed by atoms with Crippen molar-refractivity contribution in [3.63, 3.8) is 0 Å². The molecule has 0 aliphatic carbocycles. The molecule has 16 heavy (non-hydrogen) atoms. The first kappa shape index (κ1) is 12.6. The molecule has 0 bridgehead atoms. The van der Waals surface area contributed by atoms with E-state index < -0.39 is 37.4 Å². The highest BCUT2D eigenvalue weighted by Crippen LogP contribution is 2.36. The Bertz CT molecular complexity index is 568. The number of nitriles is 1. The Balaban J connectivity index is 3.69. The Kier molecular flexibility index (Phi) is 3.30. The fourth-order valence-electron chi connectivity index (χ4n) is 0.985. The number of hydrogen-bond donors (Lipinski definition) is 1. The van der Waals surface area contributed by atoms with E-state index in [4.69, 9.17) is 15.9 Å². The van der Waals surface area contributed by atoms with Crippen LogP contribution in [0.5, 0.6) is 5.75 Å². The van der Waals surface area contributed by atoms with Crippen LogP contribution < -0.4 is 0 Å². The average molecular weight is 269 g/mol. The minimum atomic E-state index is -4.47. The summed E-state index contributed by atoms with van der Waals surface area (Å²) in [6.45, 7) is 0. The first-order valence-electron chi connectivity index (χ1n) is 3.63. The molecule has 0 radical (unpaired) electrons. The molecule has 86 valence electrons. The fraction of sp³-hybridized carbons (Fsp3) is 0.143. The maximum Gasteiger partial charge on any atom is 0.268 e. The number of nitrogens with zero attached hydrogens (tertiary/aromatic N) is 2. The molecule has 0 aliphatic rings. The largest absolute Gasteiger partial charge is 0.504 e. The van der Waals surface area contributed by atoms with Crippen molar-refractivity contribution in [2.45, 2.75) is 11.3 Å². The number of aromatic nitrogens is 1. The van der Waals surface area contributed by atoms with Crippen LogP contribution in [-0.2, 0) is 9.05 Å². The van der Waals surface area contributed by atoms with Gasteiger partial charge in [0.15, 0.2) is 11.4 Å². The lowest BCUT2D eigenvalue weighted by Crippen LogP contribution is -2.02. The number of halogens is 3. The third-order valence-electron chi connectivity index (χ3n) is 1.64. The lowest BCUT2D eigenvalue weighted by molar-refractivity contribution is 0.143. The van der Waals surface area contributed by atoms with Crippen molar-refractivity contribution in [2.24, 2.45) is 0 Å². The van der Waals surface area contributed by atoms with Crippen molar-refractivity contribution in [1.82, 2.24) is 4.98 Å². The Morgan fingerprint density at radius 2 is 2.12 bits per heavy atom. The molecular weight excluding hydrogens is 266 g/mol. The van der Waals surface area contributed by atoms with Gasteiger partial charge in [0, 0.05) is 16.9 Å². The van der Waals surface area contributed by atoms with E-state index in [0.717, 1.165) is 0 Å². The van der Waals surface area contributed by atoms with Crippen molar-refractivity contribution in [2.75, 3.05) is 0 Å². The molecule has 1 N–H and O–H groups in total. The van der Waals surface area contributed by atoms with E-state index in [-0.39, 0.29) is 0 Å². The maximum atomic E-state index is 12.5. The van der Waals surface area contributed by atoms with Crippen molar-refractivity contribution >= 4 is 19.7 Å². The SMILES string of the molecule is N#Cc1ncc(S(=O)(=O)Cl)c(C(F)F)c1O. The van der Waals surface area contributed by atoms with Crippen LogP contribution in [-0.4, -0.2) is 18.5 Å². The molecule has 1 rings (SSSR count). The van der Waals surface area contributed by atoms with E-state index in [9.17, 15) is 22.3 Å². The quantitative estimate of drug-likeness (QED) is 0.821. The zero-order valence-electron chi connectivity index (χ0n) is 7.35. The molecule has 1 aromatic heterocycles. The third kappa shape index (κ3) is 2.20. The van der Waals surface area contributed by atoms with Crippen LogP contribution in [0.1, 0.15) is 17.7 Å². The van der Waals surface area contributed by atoms with E-state index in [1.54, 1.807) is 0 Å². The fourth-order valence-corrected chi connectivity index (χ4v) is 1.98. The molecule has 9 heteroatoms. The van der Waals surface area contributed by atoms with Gasteiger partial charge in [0.25, 0.3) is 15.5 Å². The summed E-state index contributed by atoms with van der Waals surface area (Å²) in [5, 5.41) is 17.6. The molecule has 0 saturated carbocycles. The second-order valence-electron chi connectivity index (χ2n) is 2.58. The number of pyridine rings is 1. The first-order valence-corrected chi connectivity index (χ1v) is 5.94. The molecule has 1 heterocycles. The smallest absolute Gasteiger partial charge is 0.268 e. The Hall–Kier alpha value is -1.46. The standard InChI is InChI=1S/C7H3ClF2N2O3S/c8-16(14,15)4-2-12-3(1-11)6(13)5(4)7(9)10/h2,7,13H. The molecular formula is C7H3ClF2N2O3S. The monoisotopic (exact) mass is 268 g/mol. The Morgan fingerprint density at radius 1 is 1.56 bits per heavy atom. The molecule has 0 spiro atoms. The lowest BCUT2D eigenvalue weighted by Gasteiger charge is -2.08. The number of hydrogen-bond acceptors (Lipinski definition) is 5. The van der Waals surface area contributed by atoms with E-state index in [1.807, 2.05) is 0 Å². The van der Waals surface area contributed by atoms with E-state index in [0.29, 0.717) is 6.20 Å². The maximum absolute atomic E-state index is 12.5. The van der Waals surface area contributed by atoms with Gasteiger partial charge >= 0.3 is 0 Å². The van der Waals surface area contributed by atoms with Crippen LogP contribution >= 0.6 is 10.7 Å². The summed E-state index contributed by atoms with van der Waals surface area (Å²) < 4.78 is 46.8. The summed E-state index contributed by atoms with van der Waals surface area (Å²) in [5.74, 6) is -1.18. The third-order valence-corrected chi connectivity index (χ3v) is 2.99. The second kappa shape index (κ2) is 4.19. The highest BCUT2D eigenvalue weighted by atomic mass is 35.7. The van der Waals surface area contributed by atoms with Crippen LogP contribution in [0, 0.1) is 11.3 Å². The summed E-state index contributed by atoms with van der Waals surface area (Å²) in [4.78, 5) is 2.18. The lowest BCUT2D eigenvalue weighted by atomic mass is 10.2. The molecule has 0 aromatic carbocycles. The summed E-state index contributed by atoms with van der Waals surface area (Å²) in [6, 6.07) is 1.34. The normalized spacial score (nSPS) is 11.4. The number of alkyl halides is 2. The van der Waals surface area contributed by atoms with Gasteiger partial charge in [-0.05, 0) is 0 Å². The zero-order chi connectivity index (χ0) is 12.5. The molecule has 0 fully saturated rings. The van der Waals surface area contributed by atoms with Gasteiger partial charge in [0.05, 0.1) is 5.56 Å². The minimum absolute atomic E-state index is 0.502. The van der Waals surface area contributed by atoms with Gasteiger partial charge in [-0.1, -0.05) is 0 Å². The van der Waals surface area contributed by atoms with Gasteiger partial charge in [0.2, 0.25) is 0 Å². The van der Waals surface area contributed by atoms with Crippen molar-refractivity contribution in [3.8, 4) is 11.8 Å². The van der Waals surface area contributed by atoms with Crippen molar-refractivity contribution in [1.29, 1.82) is 5.26 Å². The second-order valence-corrected chi connectivity index (χ2v) is 5.12. The molecule has 0 atom stereocenters. The van der Waals surface area contributed by atoms with Crippen LogP contribution in [0.2, 0.25) is 0 Å². The molecule has 0 aliphatic heterocycles. The predicted octanol–water partition coefficient (Wildman–Crippen LogP) is 1.52. The summed E-state index contributed by atoms with van der Waals surface area (Å²) >= 11 is 0. The van der Waals surface area contributed by atoms with Crippen LogP contribution in [0.25, 0.3) is 0 Å². The molecule has 0 unspecified atom stereocenters. The van der Waals surface area contributed by atoms with Crippen LogP contribution in [0.15, 0.2) is 11.1 Å². The summed E-state index contributed by atoms with van der Waals surface area (Å²) in [6.07, 6.45) is -2.79. The minimum Gasteiger partial charge on any atom is -0.504 e. The Morgan fingerprint density at radius 3 is 2.50 bits per heavy atom. The van der Waals surface area contributed by atoms with Crippen LogP contribution in [0.4, 0.5) is 8.78 Å². The van der Waals surface area contributed by atoms with Gasteiger partial charge in [-0.25, -0.2) is 22.2 Å². The molecule has 5 nitrogen and oxygen atoms in total. The van der Waals surface area contributed by atoms with Gasteiger partial charge < -0.3 is 5.11 Å². The van der Waals surface area contributed by atoms with Crippen molar-refractivity contribution in [3.05, 3.63) is 17.5 Å². The molecule has 0 saturated heterocycles. The predicted molar refractivity (Wildman–Crippen MR) is 48.6 cm³/mol. The van der Waals surface area contributed by atoms with Gasteiger partial charge in [-0.3, -0.25) is 0 Å². The first-order chi connectivity index (χ1) is 7.29. The number of rotatable bonds is 2. The van der Waals surface area contributed by atoms with Gasteiger partial charge in [-0.15, -0.1) is 0 Å². The number of aromatic hydroxyl groups is 1. The highest BCUT2D eigenvalue weighted by molar-refractivity contribution is 8.13. The highest BCUT2D eigenvalue weighted by Gasteiger charge is 2.28. The average Bonchev–Trinajstić information content (AvgIpc) is 2.15. The topological polar surface area (TPSA) is 91.0 Å². The molecule has 1 aromatic rings. The van der Waals surface area contributed by atoms with Crippen LogP contribution in [0.3, 0.4) is 0 Å². The van der Waals surface area contributed by atoms with Gasteiger partial charge in [-0.2, -0.15) is 5.26 Å². The zero-order valence-corrected chi connectivity index (χ0v) is 8.93. The van der Waals surface area contributed by atoms with E-state index in [1.165, 1.54) is 6.07 Å². The van der Waals surface area contributed by atoms with E-state index in [2.05, 4.69) is 4.98 Å². The molecule has 0 amide bonds. The van der Waals surface area contributed by atoms with Crippen molar-refractivity contribution < 1.29 is 22.3 Å².